The number of likely N-dealkylation sites (N-methyl/N-ethyl adjacent to an activating group) is 1. The van der Waals surface area contributed by atoms with Crippen LogP contribution in [0, 0.1) is 0 Å². The van der Waals surface area contributed by atoms with Gasteiger partial charge in [0.1, 0.15) is 0 Å². The van der Waals surface area contributed by atoms with Gasteiger partial charge in [0.15, 0.2) is 0 Å². The lowest BCUT2D eigenvalue weighted by Gasteiger charge is -2.21. The first-order chi connectivity index (χ1) is 8.43. The highest BCUT2D eigenvalue weighted by Gasteiger charge is 2.13. The number of anilines is 3. The topological polar surface area (TPSA) is 101 Å². The molecule has 18 heavy (non-hydrogen) atoms. The molecule has 8 nitrogen and oxygen atoms in total. The molecule has 0 fully saturated rings. The van der Waals surface area contributed by atoms with Crippen LogP contribution < -0.4 is 15.5 Å². The van der Waals surface area contributed by atoms with Crippen LogP contribution in [0.2, 0.25) is 0 Å². The van der Waals surface area contributed by atoms with Crippen molar-refractivity contribution in [3.8, 4) is 0 Å². The zero-order chi connectivity index (χ0) is 13.7. The lowest BCUT2D eigenvalue weighted by atomic mass is 10.3. The number of hydrogen-bond acceptors (Lipinski definition) is 8. The van der Waals surface area contributed by atoms with Crippen LogP contribution in [0.5, 0.6) is 0 Å². The van der Waals surface area contributed by atoms with E-state index in [4.69, 9.17) is 10.5 Å². The number of nitrogen functional groups attached to an aromatic ring is 1. The van der Waals surface area contributed by atoms with Gasteiger partial charge in [0.05, 0.1) is 12.7 Å². The minimum atomic E-state index is -0.610. The molecule has 0 aliphatic carbocycles. The molecule has 1 unspecified atom stereocenters. The number of rotatable bonds is 6. The summed E-state index contributed by atoms with van der Waals surface area (Å²) in [7, 11) is 6.94. The normalized spacial score (nSPS) is 12.3. The molecule has 0 saturated heterocycles. The summed E-state index contributed by atoms with van der Waals surface area (Å²) in [4.78, 5) is 15.7. The molecule has 1 aromatic heterocycles. The summed E-state index contributed by atoms with van der Waals surface area (Å²) in [6.07, 6.45) is -0.610. The van der Waals surface area contributed by atoms with Gasteiger partial charge in [-0.15, -0.1) is 0 Å². The summed E-state index contributed by atoms with van der Waals surface area (Å²) in [5.74, 6) is 1.05. The minimum absolute atomic E-state index is 0.150. The van der Waals surface area contributed by atoms with Crippen molar-refractivity contribution in [2.75, 3.05) is 56.9 Å². The van der Waals surface area contributed by atoms with E-state index in [1.807, 2.05) is 14.1 Å². The van der Waals surface area contributed by atoms with Crippen molar-refractivity contribution in [2.45, 2.75) is 6.10 Å². The number of aliphatic hydroxyl groups is 1. The fraction of sp³-hybridized carbons (Fsp3) is 0.700. The highest BCUT2D eigenvalue weighted by molar-refractivity contribution is 5.42. The Morgan fingerprint density at radius 2 is 1.83 bits per heavy atom. The first-order valence-electron chi connectivity index (χ1n) is 5.51. The van der Waals surface area contributed by atoms with Crippen molar-refractivity contribution in [3.63, 3.8) is 0 Å². The number of aliphatic hydroxyl groups excluding tert-OH is 1. The van der Waals surface area contributed by atoms with Crippen LogP contribution in [0.1, 0.15) is 0 Å². The average molecular weight is 256 g/mol. The first-order valence-corrected chi connectivity index (χ1v) is 5.51. The lowest BCUT2D eigenvalue weighted by molar-refractivity contribution is 0.0693. The molecule has 0 saturated carbocycles. The third-order valence-electron chi connectivity index (χ3n) is 2.21. The van der Waals surface area contributed by atoms with Crippen molar-refractivity contribution in [1.29, 1.82) is 0 Å². The molecule has 3 N–H and O–H groups in total. The molecule has 1 atom stereocenters. The summed E-state index contributed by atoms with van der Waals surface area (Å²) in [5, 5.41) is 9.65. The second-order valence-corrected chi connectivity index (χ2v) is 4.18. The third-order valence-corrected chi connectivity index (χ3v) is 2.21. The summed E-state index contributed by atoms with van der Waals surface area (Å²) >= 11 is 0. The highest BCUT2D eigenvalue weighted by atomic mass is 16.5. The van der Waals surface area contributed by atoms with Crippen molar-refractivity contribution < 1.29 is 9.84 Å². The summed E-state index contributed by atoms with van der Waals surface area (Å²) in [5.41, 5.74) is 5.62. The molecule has 0 amide bonds. The van der Waals surface area contributed by atoms with E-state index in [1.54, 1.807) is 16.8 Å². The van der Waals surface area contributed by atoms with Crippen LogP contribution in [0.15, 0.2) is 0 Å². The van der Waals surface area contributed by atoms with Gasteiger partial charge in [0.2, 0.25) is 17.8 Å². The molecule has 102 valence electrons. The van der Waals surface area contributed by atoms with E-state index in [0.717, 1.165) is 0 Å². The molecule has 0 spiro atoms. The fourth-order valence-corrected chi connectivity index (χ4v) is 1.38. The van der Waals surface area contributed by atoms with E-state index < -0.39 is 6.10 Å². The second-order valence-electron chi connectivity index (χ2n) is 4.18. The molecule has 0 radical (unpaired) electrons. The molecular weight excluding hydrogens is 236 g/mol. The van der Waals surface area contributed by atoms with Gasteiger partial charge in [-0.3, -0.25) is 0 Å². The van der Waals surface area contributed by atoms with E-state index in [1.165, 1.54) is 7.11 Å². The molecule has 0 aromatic carbocycles. The van der Waals surface area contributed by atoms with Gasteiger partial charge in [0, 0.05) is 34.8 Å². The van der Waals surface area contributed by atoms with Crippen LogP contribution in [-0.4, -0.2) is 67.6 Å². The van der Waals surface area contributed by atoms with E-state index in [0.29, 0.717) is 18.4 Å². The fourth-order valence-electron chi connectivity index (χ4n) is 1.38. The van der Waals surface area contributed by atoms with Crippen LogP contribution in [0.25, 0.3) is 0 Å². The number of ether oxygens (including phenoxy) is 1. The van der Waals surface area contributed by atoms with Crippen LogP contribution >= 0.6 is 0 Å². The Hall–Kier alpha value is -1.67. The standard InChI is InChI=1S/C10H20N6O2/c1-15(2)9-12-8(11)13-10(14-9)16(3)5-7(17)6-18-4/h7,17H,5-6H2,1-4H3,(H2,11,12,13,14). The number of methoxy groups -OCH3 is 1. The van der Waals surface area contributed by atoms with E-state index in [-0.39, 0.29) is 12.6 Å². The van der Waals surface area contributed by atoms with Gasteiger partial charge in [-0.25, -0.2) is 0 Å². The van der Waals surface area contributed by atoms with Crippen molar-refractivity contribution >= 4 is 17.8 Å². The van der Waals surface area contributed by atoms with Gasteiger partial charge < -0.3 is 25.4 Å². The summed E-state index contributed by atoms with van der Waals surface area (Å²) < 4.78 is 4.86. The molecule has 1 rings (SSSR count). The average Bonchev–Trinajstić information content (AvgIpc) is 2.28. The Morgan fingerprint density at radius 1 is 1.22 bits per heavy atom. The maximum absolute atomic E-state index is 9.65. The Labute approximate surface area is 106 Å². The van der Waals surface area contributed by atoms with E-state index in [2.05, 4.69) is 15.0 Å². The molecule has 0 aliphatic rings. The van der Waals surface area contributed by atoms with Gasteiger partial charge in [-0.05, 0) is 0 Å². The molecule has 1 heterocycles. The number of hydrogen-bond donors (Lipinski definition) is 2. The van der Waals surface area contributed by atoms with Gasteiger partial charge in [-0.1, -0.05) is 0 Å². The predicted molar refractivity (Wildman–Crippen MR) is 69.7 cm³/mol. The Morgan fingerprint density at radius 3 is 2.39 bits per heavy atom. The largest absolute Gasteiger partial charge is 0.389 e. The molecule has 0 bridgehead atoms. The number of aromatic nitrogens is 3. The smallest absolute Gasteiger partial charge is 0.231 e. The maximum Gasteiger partial charge on any atom is 0.231 e. The van der Waals surface area contributed by atoms with Crippen LogP contribution in [-0.2, 0) is 4.74 Å². The SMILES string of the molecule is COCC(O)CN(C)c1nc(N)nc(N(C)C)n1. The quantitative estimate of drug-likeness (QED) is 0.666. The summed E-state index contributed by atoms with van der Waals surface area (Å²) in [6, 6.07) is 0. The zero-order valence-electron chi connectivity index (χ0n) is 11.2. The monoisotopic (exact) mass is 256 g/mol. The Bertz CT molecular complexity index is 387. The van der Waals surface area contributed by atoms with Crippen molar-refractivity contribution in [2.24, 2.45) is 0 Å². The highest BCUT2D eigenvalue weighted by Crippen LogP contribution is 2.12. The molecule has 1 aromatic rings. The van der Waals surface area contributed by atoms with E-state index in [9.17, 15) is 5.11 Å². The van der Waals surface area contributed by atoms with Crippen molar-refractivity contribution in [1.82, 2.24) is 15.0 Å². The predicted octanol–water partition coefficient (Wildman–Crippen LogP) is -1.04. The van der Waals surface area contributed by atoms with E-state index >= 15 is 0 Å². The van der Waals surface area contributed by atoms with Gasteiger partial charge in [-0.2, -0.15) is 15.0 Å². The molecular formula is C10H20N6O2. The number of nitrogens with zero attached hydrogens (tertiary/aromatic N) is 5. The molecule has 0 aliphatic heterocycles. The number of nitrogens with two attached hydrogens (primary N) is 1. The van der Waals surface area contributed by atoms with Crippen molar-refractivity contribution in [3.05, 3.63) is 0 Å². The maximum atomic E-state index is 9.65. The van der Waals surface area contributed by atoms with Gasteiger partial charge in [0.25, 0.3) is 0 Å². The Balaban J connectivity index is 2.81. The van der Waals surface area contributed by atoms with Crippen LogP contribution in [0.3, 0.4) is 0 Å². The molecule has 8 heteroatoms. The second kappa shape index (κ2) is 6.31. The van der Waals surface area contributed by atoms with Gasteiger partial charge >= 0.3 is 0 Å². The lowest BCUT2D eigenvalue weighted by Crippen LogP contribution is -2.33. The zero-order valence-corrected chi connectivity index (χ0v) is 11.2. The minimum Gasteiger partial charge on any atom is -0.389 e. The third kappa shape index (κ3) is 3.97. The Kier molecular flexibility index (Phi) is 5.05. The summed E-state index contributed by atoms with van der Waals surface area (Å²) in [6.45, 7) is 0.607. The van der Waals surface area contributed by atoms with Crippen LogP contribution in [0.4, 0.5) is 17.8 Å². The first kappa shape index (κ1) is 14.4.